The minimum Gasteiger partial charge on any atom is -0.326 e. The molecular weight excluding hydrogens is 250 g/mol. The van der Waals surface area contributed by atoms with Crippen LogP contribution in [0.3, 0.4) is 0 Å². The first kappa shape index (κ1) is 13.3. The van der Waals surface area contributed by atoms with Crippen molar-refractivity contribution in [3.8, 4) is 0 Å². The molecule has 94 valence electrons. The summed E-state index contributed by atoms with van der Waals surface area (Å²) in [6, 6.07) is 8.28. The van der Waals surface area contributed by atoms with Gasteiger partial charge in [-0.05, 0) is 30.4 Å². The number of hydrogen-bond donors (Lipinski definition) is 1. The molecule has 1 aromatic rings. The van der Waals surface area contributed by atoms with Crippen LogP contribution in [0.4, 0.5) is 0 Å². The summed E-state index contributed by atoms with van der Waals surface area (Å²) in [6.45, 7) is 4.55. The molecule has 0 heterocycles. The van der Waals surface area contributed by atoms with Gasteiger partial charge in [0.05, 0.1) is 5.02 Å². The van der Waals surface area contributed by atoms with Crippen LogP contribution in [-0.4, -0.2) is 11.3 Å². The minimum atomic E-state index is 0.247. The van der Waals surface area contributed by atoms with Crippen molar-refractivity contribution < 1.29 is 0 Å². The summed E-state index contributed by atoms with van der Waals surface area (Å²) in [6.07, 6.45) is 3.69. The van der Waals surface area contributed by atoms with Crippen LogP contribution in [0, 0.1) is 5.41 Å². The molecule has 0 aliphatic heterocycles. The van der Waals surface area contributed by atoms with Crippen molar-refractivity contribution in [3.63, 3.8) is 0 Å². The van der Waals surface area contributed by atoms with Gasteiger partial charge in [0.15, 0.2) is 0 Å². The van der Waals surface area contributed by atoms with Crippen molar-refractivity contribution in [2.24, 2.45) is 11.1 Å². The van der Waals surface area contributed by atoms with Crippen molar-refractivity contribution in [2.75, 3.05) is 0 Å². The molecule has 0 spiro atoms. The molecule has 0 saturated heterocycles. The lowest BCUT2D eigenvalue weighted by molar-refractivity contribution is 0.208. The maximum atomic E-state index is 6.39. The zero-order valence-electron chi connectivity index (χ0n) is 10.4. The van der Waals surface area contributed by atoms with E-state index in [2.05, 4.69) is 19.9 Å². The molecule has 0 aromatic heterocycles. The molecule has 0 radical (unpaired) electrons. The highest BCUT2D eigenvalue weighted by molar-refractivity contribution is 8.00. The van der Waals surface area contributed by atoms with Crippen LogP contribution in [0.2, 0.25) is 5.02 Å². The fraction of sp³-hybridized carbons (Fsp3) is 0.571. The number of nitrogens with two attached hydrogens (primary N) is 1. The van der Waals surface area contributed by atoms with Crippen LogP contribution in [0.5, 0.6) is 0 Å². The largest absolute Gasteiger partial charge is 0.326 e. The third kappa shape index (κ3) is 2.98. The van der Waals surface area contributed by atoms with Crippen molar-refractivity contribution in [2.45, 2.75) is 49.3 Å². The average molecular weight is 270 g/mol. The van der Waals surface area contributed by atoms with Gasteiger partial charge < -0.3 is 5.73 Å². The molecule has 0 bridgehead atoms. The van der Waals surface area contributed by atoms with E-state index in [-0.39, 0.29) is 11.5 Å². The predicted molar refractivity (Wildman–Crippen MR) is 76.7 cm³/mol. The van der Waals surface area contributed by atoms with Gasteiger partial charge in [-0.25, -0.2) is 0 Å². The van der Waals surface area contributed by atoms with E-state index >= 15 is 0 Å². The molecule has 17 heavy (non-hydrogen) atoms. The lowest BCUT2D eigenvalue weighted by atomic mass is 9.73. The Balaban J connectivity index is 2.11. The van der Waals surface area contributed by atoms with E-state index in [1.807, 2.05) is 30.0 Å². The molecule has 2 N–H and O–H groups in total. The van der Waals surface area contributed by atoms with Crippen LogP contribution in [0.1, 0.15) is 33.1 Å². The topological polar surface area (TPSA) is 26.0 Å². The Morgan fingerprint density at radius 1 is 1.35 bits per heavy atom. The van der Waals surface area contributed by atoms with Crippen LogP contribution in [0.25, 0.3) is 0 Å². The highest BCUT2D eigenvalue weighted by Crippen LogP contribution is 2.43. The summed E-state index contributed by atoms with van der Waals surface area (Å²) < 4.78 is 0. The van der Waals surface area contributed by atoms with E-state index in [9.17, 15) is 0 Å². The second-order valence-corrected chi connectivity index (χ2v) is 7.18. The van der Waals surface area contributed by atoms with Crippen LogP contribution in [-0.2, 0) is 0 Å². The first-order chi connectivity index (χ1) is 8.00. The van der Waals surface area contributed by atoms with E-state index in [0.717, 1.165) is 9.92 Å². The SMILES string of the molecule is CC1(C)CCCC(Sc2ccccc2Cl)C1N. The van der Waals surface area contributed by atoms with Crippen LogP contribution >= 0.6 is 23.4 Å². The van der Waals surface area contributed by atoms with Gasteiger partial charge in [0.2, 0.25) is 0 Å². The summed E-state index contributed by atoms with van der Waals surface area (Å²) in [4.78, 5) is 1.16. The molecule has 1 saturated carbocycles. The Morgan fingerprint density at radius 3 is 2.76 bits per heavy atom. The molecule has 2 unspecified atom stereocenters. The Kier molecular flexibility index (Phi) is 4.06. The van der Waals surface area contributed by atoms with Gasteiger partial charge in [0.1, 0.15) is 0 Å². The second kappa shape index (κ2) is 5.21. The molecule has 1 aliphatic rings. The van der Waals surface area contributed by atoms with E-state index in [1.165, 1.54) is 19.3 Å². The zero-order chi connectivity index (χ0) is 12.5. The fourth-order valence-corrected chi connectivity index (χ4v) is 4.18. The standard InChI is InChI=1S/C14H20ClNS/c1-14(2)9-5-8-12(13(14)16)17-11-7-4-3-6-10(11)15/h3-4,6-7,12-13H,5,8-9,16H2,1-2H3. The molecule has 1 nitrogen and oxygen atoms in total. The van der Waals surface area contributed by atoms with E-state index < -0.39 is 0 Å². The van der Waals surface area contributed by atoms with Crippen molar-refractivity contribution in [1.82, 2.24) is 0 Å². The van der Waals surface area contributed by atoms with E-state index in [0.29, 0.717) is 5.25 Å². The Labute approximate surface area is 113 Å². The van der Waals surface area contributed by atoms with E-state index in [1.54, 1.807) is 0 Å². The summed E-state index contributed by atoms with van der Waals surface area (Å²) in [7, 11) is 0. The molecule has 2 rings (SSSR count). The molecule has 0 amide bonds. The van der Waals surface area contributed by atoms with Crippen molar-refractivity contribution in [1.29, 1.82) is 0 Å². The van der Waals surface area contributed by atoms with Crippen LogP contribution < -0.4 is 5.73 Å². The van der Waals surface area contributed by atoms with Crippen LogP contribution in [0.15, 0.2) is 29.2 Å². The molecule has 1 aliphatic carbocycles. The highest BCUT2D eigenvalue weighted by Gasteiger charge is 2.36. The van der Waals surface area contributed by atoms with Gasteiger partial charge in [0, 0.05) is 16.2 Å². The molecule has 3 heteroatoms. The smallest absolute Gasteiger partial charge is 0.0541 e. The van der Waals surface area contributed by atoms with Gasteiger partial charge in [0.25, 0.3) is 0 Å². The lowest BCUT2D eigenvalue weighted by Gasteiger charge is -2.41. The number of thioether (sulfide) groups is 1. The average Bonchev–Trinajstić information content (AvgIpc) is 2.28. The Bertz CT molecular complexity index is 392. The zero-order valence-corrected chi connectivity index (χ0v) is 12.0. The van der Waals surface area contributed by atoms with Gasteiger partial charge in [-0.15, -0.1) is 11.8 Å². The van der Waals surface area contributed by atoms with E-state index in [4.69, 9.17) is 17.3 Å². The normalized spacial score (nSPS) is 28.0. The number of hydrogen-bond acceptors (Lipinski definition) is 2. The Morgan fingerprint density at radius 2 is 2.06 bits per heavy atom. The maximum absolute atomic E-state index is 6.39. The summed E-state index contributed by atoms with van der Waals surface area (Å²) in [5, 5.41) is 1.33. The molecule has 1 fully saturated rings. The Hall–Kier alpha value is -0.180. The van der Waals surface area contributed by atoms with Crippen molar-refractivity contribution >= 4 is 23.4 Å². The number of benzene rings is 1. The molecule has 2 atom stereocenters. The highest BCUT2D eigenvalue weighted by atomic mass is 35.5. The third-order valence-corrected chi connectivity index (χ3v) is 5.61. The fourth-order valence-electron chi connectivity index (χ4n) is 2.44. The lowest BCUT2D eigenvalue weighted by Crippen LogP contribution is -2.48. The monoisotopic (exact) mass is 269 g/mol. The quantitative estimate of drug-likeness (QED) is 0.864. The summed E-state index contributed by atoms with van der Waals surface area (Å²) in [5.74, 6) is 0. The summed E-state index contributed by atoms with van der Waals surface area (Å²) >= 11 is 8.05. The van der Waals surface area contributed by atoms with Crippen molar-refractivity contribution in [3.05, 3.63) is 29.3 Å². The second-order valence-electron chi connectivity index (χ2n) is 5.49. The molecular formula is C14H20ClNS. The number of halogens is 1. The van der Waals surface area contributed by atoms with Gasteiger partial charge in [-0.3, -0.25) is 0 Å². The minimum absolute atomic E-state index is 0.247. The first-order valence-corrected chi connectivity index (χ1v) is 7.43. The maximum Gasteiger partial charge on any atom is 0.0541 e. The van der Waals surface area contributed by atoms with Gasteiger partial charge in [-0.2, -0.15) is 0 Å². The third-order valence-electron chi connectivity index (χ3n) is 3.73. The summed E-state index contributed by atoms with van der Waals surface area (Å²) in [5.41, 5.74) is 6.64. The van der Waals surface area contributed by atoms with Gasteiger partial charge in [-0.1, -0.05) is 44.0 Å². The number of rotatable bonds is 2. The molecule has 1 aromatic carbocycles. The predicted octanol–water partition coefficient (Wildman–Crippen LogP) is 4.34. The first-order valence-electron chi connectivity index (χ1n) is 6.17. The van der Waals surface area contributed by atoms with Gasteiger partial charge >= 0.3 is 0 Å².